The fourth-order valence-corrected chi connectivity index (χ4v) is 2.34. The van der Waals surface area contributed by atoms with Gasteiger partial charge in [-0.2, -0.15) is 0 Å². The van der Waals surface area contributed by atoms with E-state index in [1.54, 1.807) is 18.2 Å². The average molecular weight is 343 g/mol. The Hall–Kier alpha value is -2.59. The van der Waals surface area contributed by atoms with Crippen molar-refractivity contribution in [1.82, 2.24) is 5.32 Å². The van der Waals surface area contributed by atoms with E-state index in [1.165, 1.54) is 6.92 Å². The molecule has 2 amide bonds. The summed E-state index contributed by atoms with van der Waals surface area (Å²) in [5, 5.41) is 5.90. The minimum absolute atomic E-state index is 0.177. The van der Waals surface area contributed by atoms with Gasteiger partial charge in [0, 0.05) is 17.6 Å². The molecule has 0 heterocycles. The zero-order valence-electron chi connectivity index (χ0n) is 13.8. The number of hydrogen-bond acceptors (Lipinski definition) is 2. The molecule has 0 saturated carbocycles. The van der Waals surface area contributed by atoms with E-state index in [1.807, 2.05) is 44.2 Å². The second-order valence-corrected chi connectivity index (χ2v) is 5.95. The number of amides is 2. The Balaban J connectivity index is 2.34. The lowest BCUT2D eigenvalue weighted by atomic mass is 10.1. The summed E-state index contributed by atoms with van der Waals surface area (Å²) in [6.45, 7) is 5.18. The molecule has 124 valence electrons. The highest BCUT2D eigenvalue weighted by molar-refractivity contribution is 6.31. The molecule has 0 fully saturated rings. The Morgan fingerprint density at radius 1 is 1.04 bits per heavy atom. The molecule has 0 bridgehead atoms. The van der Waals surface area contributed by atoms with Crippen molar-refractivity contribution in [3.8, 4) is 0 Å². The Kier molecular flexibility index (Phi) is 5.77. The fraction of sp³-hybridized carbons (Fsp3) is 0.158. The highest BCUT2D eigenvalue weighted by Gasteiger charge is 2.13. The number of hydrogen-bond donors (Lipinski definition) is 2. The van der Waals surface area contributed by atoms with Crippen LogP contribution in [-0.4, -0.2) is 11.8 Å². The van der Waals surface area contributed by atoms with Crippen molar-refractivity contribution in [1.29, 1.82) is 0 Å². The Bertz CT molecular complexity index is 813. The molecule has 0 unspecified atom stereocenters. The normalized spacial score (nSPS) is 11.1. The average Bonchev–Trinajstić information content (AvgIpc) is 2.52. The minimum Gasteiger partial charge on any atom is -0.322 e. The first-order chi connectivity index (χ1) is 11.4. The van der Waals surface area contributed by atoms with Crippen molar-refractivity contribution in [3.63, 3.8) is 0 Å². The summed E-state index contributed by atoms with van der Waals surface area (Å²) >= 11 is 5.98. The van der Waals surface area contributed by atoms with Crippen LogP contribution in [0.5, 0.6) is 0 Å². The van der Waals surface area contributed by atoms with E-state index >= 15 is 0 Å². The lowest BCUT2D eigenvalue weighted by Gasteiger charge is -2.12. The van der Waals surface area contributed by atoms with Crippen LogP contribution in [0, 0.1) is 13.8 Å². The van der Waals surface area contributed by atoms with Crippen LogP contribution in [0.3, 0.4) is 0 Å². The number of anilines is 1. The fourth-order valence-electron chi connectivity index (χ4n) is 2.17. The summed E-state index contributed by atoms with van der Waals surface area (Å²) < 4.78 is 0. The molecule has 4 nitrogen and oxygen atoms in total. The summed E-state index contributed by atoms with van der Waals surface area (Å²) in [5.74, 6) is -0.716. The molecule has 0 aliphatic heterocycles. The molecule has 5 heteroatoms. The smallest absolute Gasteiger partial charge is 0.272 e. The number of benzene rings is 2. The van der Waals surface area contributed by atoms with Crippen LogP contribution < -0.4 is 10.6 Å². The standard InChI is InChI=1S/C19H19ClN2O2/c1-12-6-4-5-7-15(12)10-18(21-14(3)23)19(24)22-17-11-16(20)9-8-13(17)2/h4-11H,1-3H3,(H,21,23)(H,22,24)/b18-10-. The third kappa shape index (κ3) is 4.70. The van der Waals surface area contributed by atoms with Crippen LogP contribution in [0.1, 0.15) is 23.6 Å². The number of aryl methyl sites for hydroxylation is 2. The van der Waals surface area contributed by atoms with E-state index in [0.717, 1.165) is 16.7 Å². The number of rotatable bonds is 4. The van der Waals surface area contributed by atoms with E-state index < -0.39 is 5.91 Å². The van der Waals surface area contributed by atoms with Gasteiger partial charge in [0.25, 0.3) is 5.91 Å². The molecular formula is C19H19ClN2O2. The summed E-state index contributed by atoms with van der Waals surface area (Å²) in [4.78, 5) is 24.0. The molecule has 2 aromatic carbocycles. The zero-order chi connectivity index (χ0) is 17.7. The number of nitrogens with one attached hydrogen (secondary N) is 2. The SMILES string of the molecule is CC(=O)N/C(=C\c1ccccc1C)C(=O)Nc1cc(Cl)ccc1C. The molecule has 2 aromatic rings. The van der Waals surface area contributed by atoms with E-state index in [4.69, 9.17) is 11.6 Å². The molecule has 0 saturated heterocycles. The molecular weight excluding hydrogens is 324 g/mol. The third-order valence-electron chi connectivity index (χ3n) is 3.49. The molecule has 0 aliphatic carbocycles. The first-order valence-corrected chi connectivity index (χ1v) is 7.87. The van der Waals surface area contributed by atoms with Gasteiger partial charge in [-0.15, -0.1) is 0 Å². The third-order valence-corrected chi connectivity index (χ3v) is 3.73. The predicted molar refractivity (Wildman–Crippen MR) is 97.8 cm³/mol. The molecule has 24 heavy (non-hydrogen) atoms. The highest BCUT2D eigenvalue weighted by Crippen LogP contribution is 2.21. The van der Waals surface area contributed by atoms with E-state index in [-0.39, 0.29) is 11.6 Å². The van der Waals surface area contributed by atoms with Gasteiger partial charge in [0.1, 0.15) is 5.70 Å². The second kappa shape index (κ2) is 7.79. The lowest BCUT2D eigenvalue weighted by molar-refractivity contribution is -0.120. The monoisotopic (exact) mass is 342 g/mol. The zero-order valence-corrected chi connectivity index (χ0v) is 14.6. The predicted octanol–water partition coefficient (Wildman–Crippen LogP) is 4.07. The maximum absolute atomic E-state index is 12.6. The summed E-state index contributed by atoms with van der Waals surface area (Å²) in [5.41, 5.74) is 3.53. The van der Waals surface area contributed by atoms with Gasteiger partial charge in [-0.25, -0.2) is 0 Å². The van der Waals surface area contributed by atoms with Crippen LogP contribution in [0.2, 0.25) is 5.02 Å². The molecule has 0 atom stereocenters. The Morgan fingerprint density at radius 3 is 2.42 bits per heavy atom. The lowest BCUT2D eigenvalue weighted by Crippen LogP contribution is -2.29. The maximum Gasteiger partial charge on any atom is 0.272 e. The quantitative estimate of drug-likeness (QED) is 0.823. The number of carbonyl (C=O) groups is 2. The molecule has 0 aliphatic rings. The molecule has 0 radical (unpaired) electrons. The first-order valence-electron chi connectivity index (χ1n) is 7.49. The van der Waals surface area contributed by atoms with Crippen molar-refractivity contribution < 1.29 is 9.59 Å². The summed E-state index contributed by atoms with van der Waals surface area (Å²) in [6.07, 6.45) is 1.66. The molecule has 2 N–H and O–H groups in total. The van der Waals surface area contributed by atoms with Gasteiger partial charge in [-0.05, 0) is 48.7 Å². The van der Waals surface area contributed by atoms with Crippen LogP contribution in [0.25, 0.3) is 6.08 Å². The molecule has 2 rings (SSSR count). The van der Waals surface area contributed by atoms with E-state index in [0.29, 0.717) is 10.7 Å². The van der Waals surface area contributed by atoms with Gasteiger partial charge in [0.2, 0.25) is 5.91 Å². The Labute approximate surface area is 146 Å². The van der Waals surface area contributed by atoms with Gasteiger partial charge in [-0.1, -0.05) is 41.9 Å². The van der Waals surface area contributed by atoms with Crippen LogP contribution >= 0.6 is 11.6 Å². The van der Waals surface area contributed by atoms with Gasteiger partial charge in [0.15, 0.2) is 0 Å². The summed E-state index contributed by atoms with van der Waals surface area (Å²) in [7, 11) is 0. The van der Waals surface area contributed by atoms with E-state index in [2.05, 4.69) is 10.6 Å². The van der Waals surface area contributed by atoms with Crippen LogP contribution in [-0.2, 0) is 9.59 Å². The first kappa shape index (κ1) is 17.8. The van der Waals surface area contributed by atoms with Gasteiger partial charge in [0.05, 0.1) is 0 Å². The van der Waals surface area contributed by atoms with Gasteiger partial charge < -0.3 is 10.6 Å². The Morgan fingerprint density at radius 2 is 1.75 bits per heavy atom. The molecule has 0 spiro atoms. The minimum atomic E-state index is -0.404. The number of halogens is 1. The van der Waals surface area contributed by atoms with Gasteiger partial charge in [-0.3, -0.25) is 9.59 Å². The van der Waals surface area contributed by atoms with Gasteiger partial charge >= 0.3 is 0 Å². The topological polar surface area (TPSA) is 58.2 Å². The van der Waals surface area contributed by atoms with Crippen molar-refractivity contribution in [3.05, 3.63) is 69.9 Å². The highest BCUT2D eigenvalue weighted by atomic mass is 35.5. The van der Waals surface area contributed by atoms with E-state index in [9.17, 15) is 9.59 Å². The van der Waals surface area contributed by atoms with Crippen molar-refractivity contribution in [2.24, 2.45) is 0 Å². The number of carbonyl (C=O) groups excluding carboxylic acids is 2. The molecule has 0 aromatic heterocycles. The van der Waals surface area contributed by atoms with Crippen molar-refractivity contribution in [2.75, 3.05) is 5.32 Å². The summed E-state index contributed by atoms with van der Waals surface area (Å²) in [6, 6.07) is 12.9. The maximum atomic E-state index is 12.6. The van der Waals surface area contributed by atoms with Crippen molar-refractivity contribution >= 4 is 35.2 Å². The van der Waals surface area contributed by atoms with Crippen LogP contribution in [0.4, 0.5) is 5.69 Å². The van der Waals surface area contributed by atoms with Crippen molar-refractivity contribution in [2.45, 2.75) is 20.8 Å². The largest absolute Gasteiger partial charge is 0.322 e. The van der Waals surface area contributed by atoms with Crippen LogP contribution in [0.15, 0.2) is 48.2 Å². The second-order valence-electron chi connectivity index (χ2n) is 5.51.